The molecule has 29 heavy (non-hydrogen) atoms. The summed E-state index contributed by atoms with van der Waals surface area (Å²) < 4.78 is 10.7. The quantitative estimate of drug-likeness (QED) is 0.309. The van der Waals surface area contributed by atoms with Crippen LogP contribution in [0.2, 0.25) is 0 Å². The second-order valence-corrected chi connectivity index (χ2v) is 6.36. The normalized spacial score (nSPS) is 14.0. The zero-order valence-electron chi connectivity index (χ0n) is 15.7. The molecular formula is C21H20N2O6. The molecule has 0 aromatic heterocycles. The first kappa shape index (κ1) is 20.2. The van der Waals surface area contributed by atoms with Crippen molar-refractivity contribution in [2.45, 2.75) is 0 Å². The van der Waals surface area contributed by atoms with Gasteiger partial charge in [-0.3, -0.25) is 19.7 Å². The molecule has 8 nitrogen and oxygen atoms in total. The second kappa shape index (κ2) is 9.61. The molecule has 0 bridgehead atoms. The average molecular weight is 396 g/mol. The van der Waals surface area contributed by atoms with Gasteiger partial charge < -0.3 is 14.4 Å². The maximum atomic E-state index is 12.3. The van der Waals surface area contributed by atoms with Crippen LogP contribution in [0.15, 0.2) is 54.6 Å². The second-order valence-electron chi connectivity index (χ2n) is 6.36. The summed E-state index contributed by atoms with van der Waals surface area (Å²) >= 11 is 0. The van der Waals surface area contributed by atoms with E-state index < -0.39 is 4.92 Å². The molecule has 0 unspecified atom stereocenters. The fourth-order valence-electron chi connectivity index (χ4n) is 2.77. The van der Waals surface area contributed by atoms with E-state index in [-0.39, 0.29) is 24.0 Å². The van der Waals surface area contributed by atoms with Gasteiger partial charge in [0.25, 0.3) is 11.6 Å². The van der Waals surface area contributed by atoms with Crippen molar-refractivity contribution in [3.05, 3.63) is 75.8 Å². The van der Waals surface area contributed by atoms with Crippen LogP contribution in [-0.4, -0.2) is 54.4 Å². The molecule has 1 amide bonds. The highest BCUT2D eigenvalue weighted by molar-refractivity contribution is 6.06. The Morgan fingerprint density at radius 3 is 2.55 bits per heavy atom. The third-order valence-electron chi connectivity index (χ3n) is 4.37. The van der Waals surface area contributed by atoms with E-state index >= 15 is 0 Å². The number of nitro benzene ring substituents is 1. The summed E-state index contributed by atoms with van der Waals surface area (Å²) in [5.41, 5.74) is 0.973. The minimum Gasteiger partial charge on any atom is -0.484 e. The first-order chi connectivity index (χ1) is 14.0. The van der Waals surface area contributed by atoms with E-state index in [0.29, 0.717) is 43.2 Å². The summed E-state index contributed by atoms with van der Waals surface area (Å²) in [7, 11) is 0. The number of ketones is 1. The lowest BCUT2D eigenvalue weighted by Crippen LogP contribution is -2.42. The number of carbonyl (C=O) groups excluding carboxylic acids is 2. The Kier molecular flexibility index (Phi) is 6.70. The summed E-state index contributed by atoms with van der Waals surface area (Å²) in [5, 5.41) is 10.8. The van der Waals surface area contributed by atoms with Crippen LogP contribution in [0.25, 0.3) is 6.08 Å². The van der Waals surface area contributed by atoms with Crippen LogP contribution in [0.5, 0.6) is 5.75 Å². The van der Waals surface area contributed by atoms with E-state index in [1.54, 1.807) is 41.3 Å². The van der Waals surface area contributed by atoms with Crippen LogP contribution in [0, 0.1) is 10.1 Å². The zero-order chi connectivity index (χ0) is 20.6. The molecule has 0 atom stereocenters. The van der Waals surface area contributed by atoms with Gasteiger partial charge >= 0.3 is 0 Å². The van der Waals surface area contributed by atoms with Crippen LogP contribution in [0.1, 0.15) is 15.9 Å². The van der Waals surface area contributed by atoms with Gasteiger partial charge in [-0.1, -0.05) is 18.2 Å². The van der Waals surface area contributed by atoms with Crippen molar-refractivity contribution in [2.75, 3.05) is 32.9 Å². The Balaban J connectivity index is 1.55. The summed E-state index contributed by atoms with van der Waals surface area (Å²) in [6, 6.07) is 12.5. The van der Waals surface area contributed by atoms with Crippen LogP contribution in [-0.2, 0) is 9.53 Å². The Bertz CT molecular complexity index is 917. The van der Waals surface area contributed by atoms with Gasteiger partial charge in [0.2, 0.25) is 0 Å². The SMILES string of the molecule is O=C(C=Cc1cccc([N+](=O)[O-])c1)c1ccc(OCC(=O)N2CCOCC2)cc1. The van der Waals surface area contributed by atoms with Crippen molar-refractivity contribution in [2.24, 2.45) is 0 Å². The molecule has 2 aromatic carbocycles. The smallest absolute Gasteiger partial charge is 0.270 e. The molecule has 2 aromatic rings. The fourth-order valence-corrected chi connectivity index (χ4v) is 2.77. The Morgan fingerprint density at radius 1 is 1.14 bits per heavy atom. The molecule has 3 rings (SSSR count). The Hall–Kier alpha value is -3.52. The third kappa shape index (κ3) is 5.73. The van der Waals surface area contributed by atoms with E-state index in [4.69, 9.17) is 9.47 Å². The molecule has 1 saturated heterocycles. The topological polar surface area (TPSA) is 99.0 Å². The maximum absolute atomic E-state index is 12.3. The van der Waals surface area contributed by atoms with E-state index in [1.807, 2.05) is 0 Å². The van der Waals surface area contributed by atoms with Gasteiger partial charge in [-0.15, -0.1) is 0 Å². The van der Waals surface area contributed by atoms with Crippen LogP contribution in [0.3, 0.4) is 0 Å². The largest absolute Gasteiger partial charge is 0.484 e. The highest BCUT2D eigenvalue weighted by atomic mass is 16.6. The zero-order valence-corrected chi connectivity index (χ0v) is 15.7. The molecule has 150 valence electrons. The predicted octanol–water partition coefficient (Wildman–Crippen LogP) is 2.73. The molecular weight excluding hydrogens is 376 g/mol. The number of morpholine rings is 1. The number of amides is 1. The Morgan fingerprint density at radius 2 is 1.86 bits per heavy atom. The summed E-state index contributed by atoms with van der Waals surface area (Å²) in [5.74, 6) is 0.145. The number of allylic oxidation sites excluding steroid dienone is 1. The number of nitro groups is 1. The molecule has 0 saturated carbocycles. The lowest BCUT2D eigenvalue weighted by molar-refractivity contribution is -0.384. The van der Waals surface area contributed by atoms with E-state index in [2.05, 4.69) is 0 Å². The Labute approximate surface area is 167 Å². The fraction of sp³-hybridized carbons (Fsp3) is 0.238. The van der Waals surface area contributed by atoms with Crippen molar-refractivity contribution in [1.82, 2.24) is 4.90 Å². The lowest BCUT2D eigenvalue weighted by atomic mass is 10.1. The molecule has 1 aliphatic rings. The van der Waals surface area contributed by atoms with Gasteiger partial charge in [-0.2, -0.15) is 0 Å². The predicted molar refractivity (Wildman–Crippen MR) is 106 cm³/mol. The molecule has 0 spiro atoms. The molecule has 0 aliphatic carbocycles. The number of rotatable bonds is 7. The number of non-ortho nitro benzene ring substituents is 1. The number of carbonyl (C=O) groups is 2. The standard InChI is InChI=1S/C21H20N2O6/c24-20(9-4-16-2-1-3-18(14-16)23(26)27)17-5-7-19(8-6-17)29-15-21(25)22-10-12-28-13-11-22/h1-9,14H,10-13,15H2. The van der Waals surface area contributed by atoms with Gasteiger partial charge in [0, 0.05) is 30.8 Å². The summed E-state index contributed by atoms with van der Waals surface area (Å²) in [6.45, 7) is 2.12. The van der Waals surface area contributed by atoms with Crippen LogP contribution >= 0.6 is 0 Å². The first-order valence-corrected chi connectivity index (χ1v) is 9.08. The van der Waals surface area contributed by atoms with Gasteiger partial charge in [-0.25, -0.2) is 0 Å². The van der Waals surface area contributed by atoms with E-state index in [9.17, 15) is 19.7 Å². The molecule has 1 heterocycles. The van der Waals surface area contributed by atoms with Gasteiger partial charge in [0.15, 0.2) is 12.4 Å². The number of benzene rings is 2. The minimum atomic E-state index is -0.484. The number of hydrogen-bond acceptors (Lipinski definition) is 6. The first-order valence-electron chi connectivity index (χ1n) is 9.08. The van der Waals surface area contributed by atoms with Gasteiger partial charge in [0.05, 0.1) is 18.1 Å². The van der Waals surface area contributed by atoms with E-state index in [0.717, 1.165) is 0 Å². The highest BCUT2D eigenvalue weighted by Crippen LogP contribution is 2.16. The van der Waals surface area contributed by atoms with Crippen molar-refractivity contribution in [3.63, 3.8) is 0 Å². The molecule has 1 fully saturated rings. The number of nitrogens with zero attached hydrogens (tertiary/aromatic N) is 2. The minimum absolute atomic E-state index is 0.0345. The van der Waals surface area contributed by atoms with Gasteiger partial charge in [0.1, 0.15) is 5.75 Å². The van der Waals surface area contributed by atoms with Crippen molar-refractivity contribution in [3.8, 4) is 5.75 Å². The van der Waals surface area contributed by atoms with Crippen molar-refractivity contribution < 1.29 is 24.0 Å². The monoisotopic (exact) mass is 396 g/mol. The summed E-state index contributed by atoms with van der Waals surface area (Å²) in [6.07, 6.45) is 2.89. The third-order valence-corrected chi connectivity index (χ3v) is 4.37. The average Bonchev–Trinajstić information content (AvgIpc) is 2.77. The lowest BCUT2D eigenvalue weighted by Gasteiger charge is -2.26. The molecule has 8 heteroatoms. The molecule has 0 N–H and O–H groups in total. The van der Waals surface area contributed by atoms with E-state index in [1.165, 1.54) is 24.3 Å². The van der Waals surface area contributed by atoms with Gasteiger partial charge in [-0.05, 0) is 35.9 Å². The van der Waals surface area contributed by atoms with Crippen molar-refractivity contribution in [1.29, 1.82) is 0 Å². The number of hydrogen-bond donors (Lipinski definition) is 0. The van der Waals surface area contributed by atoms with Crippen LogP contribution in [0.4, 0.5) is 5.69 Å². The molecule has 1 aliphatic heterocycles. The number of ether oxygens (including phenoxy) is 2. The van der Waals surface area contributed by atoms with Crippen molar-refractivity contribution >= 4 is 23.5 Å². The maximum Gasteiger partial charge on any atom is 0.270 e. The molecule has 0 radical (unpaired) electrons. The summed E-state index contributed by atoms with van der Waals surface area (Å²) in [4.78, 5) is 36.4. The van der Waals surface area contributed by atoms with Crippen LogP contribution < -0.4 is 4.74 Å². The highest BCUT2D eigenvalue weighted by Gasteiger charge is 2.17.